The number of ether oxygens (including phenoxy) is 1. The van der Waals surface area contributed by atoms with Crippen LogP contribution < -0.4 is 10.1 Å². The zero-order valence-corrected chi connectivity index (χ0v) is 25.8. The first-order chi connectivity index (χ1) is 22.5. The Bertz CT molecular complexity index is 1830. The van der Waals surface area contributed by atoms with Crippen molar-refractivity contribution < 1.29 is 14.3 Å². The Hall–Kier alpha value is -5.29. The van der Waals surface area contributed by atoms with Crippen molar-refractivity contribution >= 4 is 34.5 Å². The average molecular weight is 617 g/mol. The van der Waals surface area contributed by atoms with Gasteiger partial charge < -0.3 is 29.3 Å². The number of nitrogens with one attached hydrogen (secondary N) is 1. The lowest BCUT2D eigenvalue weighted by Crippen LogP contribution is -2.47. The van der Waals surface area contributed by atoms with Crippen molar-refractivity contribution in [3.63, 3.8) is 0 Å². The van der Waals surface area contributed by atoms with Crippen LogP contribution in [0.3, 0.4) is 0 Å². The van der Waals surface area contributed by atoms with Crippen molar-refractivity contribution in [3.05, 3.63) is 90.8 Å². The second kappa shape index (κ2) is 13.0. The number of carbonyl (C=O) groups excluding carboxylic acids is 2. The van der Waals surface area contributed by atoms with E-state index in [9.17, 15) is 9.59 Å². The highest BCUT2D eigenvalue weighted by Crippen LogP contribution is 2.29. The van der Waals surface area contributed by atoms with Gasteiger partial charge in [-0.25, -0.2) is 15.0 Å². The lowest BCUT2D eigenvalue weighted by molar-refractivity contribution is -0.127. The average Bonchev–Trinajstić information content (AvgIpc) is 3.70. The van der Waals surface area contributed by atoms with E-state index in [4.69, 9.17) is 14.7 Å². The highest BCUT2D eigenvalue weighted by atomic mass is 16.5. The van der Waals surface area contributed by atoms with E-state index in [0.717, 1.165) is 61.9 Å². The van der Waals surface area contributed by atoms with Gasteiger partial charge in [0.25, 0.3) is 5.91 Å². The summed E-state index contributed by atoms with van der Waals surface area (Å²) in [5.74, 6) is 2.78. The number of nitrogens with zero attached hydrogens (tertiary/aromatic N) is 7. The van der Waals surface area contributed by atoms with E-state index in [2.05, 4.69) is 22.2 Å². The number of aromatic nitrogens is 4. The second-order valence-electron chi connectivity index (χ2n) is 11.7. The molecule has 0 spiro atoms. The number of fused-ring (bicyclic) bond motifs is 1. The lowest BCUT2D eigenvalue weighted by Gasteiger charge is -2.32. The molecule has 0 aliphatic carbocycles. The molecule has 0 atom stereocenters. The van der Waals surface area contributed by atoms with Crippen molar-refractivity contribution in [2.24, 2.45) is 0 Å². The molecule has 46 heavy (non-hydrogen) atoms. The normalized spacial score (nSPS) is 15.5. The summed E-state index contributed by atoms with van der Waals surface area (Å²) in [7, 11) is 2.07. The Balaban J connectivity index is 1.17. The van der Waals surface area contributed by atoms with E-state index in [1.165, 1.54) is 0 Å². The minimum absolute atomic E-state index is 0.0348. The van der Waals surface area contributed by atoms with Crippen LogP contribution in [0.5, 0.6) is 11.5 Å². The highest BCUT2D eigenvalue weighted by Gasteiger charge is 2.22. The molecule has 2 saturated heterocycles. The van der Waals surface area contributed by atoms with Gasteiger partial charge in [-0.15, -0.1) is 0 Å². The van der Waals surface area contributed by atoms with Gasteiger partial charge in [0.2, 0.25) is 5.91 Å². The molecule has 0 unspecified atom stereocenters. The summed E-state index contributed by atoms with van der Waals surface area (Å²) in [4.78, 5) is 45.9. The molecule has 0 radical (unpaired) electrons. The van der Waals surface area contributed by atoms with Gasteiger partial charge in [0.1, 0.15) is 11.5 Å². The van der Waals surface area contributed by atoms with E-state index in [0.29, 0.717) is 47.9 Å². The van der Waals surface area contributed by atoms with Crippen molar-refractivity contribution in [2.45, 2.75) is 19.4 Å². The van der Waals surface area contributed by atoms with Gasteiger partial charge in [0, 0.05) is 69.0 Å². The predicted molar refractivity (Wildman–Crippen MR) is 176 cm³/mol. The topological polar surface area (TPSA) is 109 Å². The van der Waals surface area contributed by atoms with Crippen LogP contribution in [0.25, 0.3) is 22.6 Å². The first kappa shape index (κ1) is 29.4. The third kappa shape index (κ3) is 6.40. The molecule has 234 valence electrons. The summed E-state index contributed by atoms with van der Waals surface area (Å²) in [5, 5.41) is 3.43. The summed E-state index contributed by atoms with van der Waals surface area (Å²) in [5.41, 5.74) is 3.54. The van der Waals surface area contributed by atoms with Crippen molar-refractivity contribution in [1.29, 1.82) is 0 Å². The minimum atomic E-state index is 0.0348. The summed E-state index contributed by atoms with van der Waals surface area (Å²) in [6.07, 6.45) is 3.25. The Labute approximate surface area is 267 Å². The van der Waals surface area contributed by atoms with E-state index < -0.39 is 0 Å². The van der Waals surface area contributed by atoms with E-state index in [1.807, 2.05) is 93.2 Å². The first-order valence-electron chi connectivity index (χ1n) is 15.7. The smallest absolute Gasteiger partial charge is 0.253 e. The largest absolute Gasteiger partial charge is 0.457 e. The number of piperazine rings is 1. The monoisotopic (exact) mass is 616 g/mol. The van der Waals surface area contributed by atoms with Crippen LogP contribution in [-0.2, 0) is 11.3 Å². The van der Waals surface area contributed by atoms with Gasteiger partial charge in [-0.05, 0) is 62.0 Å². The zero-order valence-electron chi connectivity index (χ0n) is 25.8. The van der Waals surface area contributed by atoms with Gasteiger partial charge in [-0.2, -0.15) is 0 Å². The van der Waals surface area contributed by atoms with Crippen LogP contribution in [0.2, 0.25) is 0 Å². The number of anilines is 2. The number of benzene rings is 3. The molecule has 11 nitrogen and oxygen atoms in total. The van der Waals surface area contributed by atoms with Gasteiger partial charge in [0.15, 0.2) is 22.8 Å². The third-order valence-electron chi connectivity index (χ3n) is 8.52. The number of imidazole rings is 1. The number of carbonyl (C=O) groups is 2. The van der Waals surface area contributed by atoms with Crippen molar-refractivity contribution in [3.8, 4) is 22.9 Å². The number of para-hydroxylation sites is 1. The molecule has 2 aliphatic rings. The molecule has 1 N–H and O–H groups in total. The van der Waals surface area contributed by atoms with Crippen LogP contribution in [0.4, 0.5) is 11.5 Å². The fourth-order valence-electron chi connectivity index (χ4n) is 5.81. The quantitative estimate of drug-likeness (QED) is 0.246. The molecule has 2 amide bonds. The highest BCUT2D eigenvalue weighted by molar-refractivity contribution is 5.95. The van der Waals surface area contributed by atoms with Crippen LogP contribution in [0, 0.1) is 0 Å². The van der Waals surface area contributed by atoms with Crippen LogP contribution in [-0.4, -0.2) is 92.3 Å². The standard InChI is InChI=1S/C35H36N8O3/c1-40-18-20-42(21-19-40)35(45)26-11-9-25(10-12-26)32-38-33(37-27-13-15-29(16-14-27)46-28-6-3-2-4-7-28)31-34(39-32)43(24-36-31)23-22-41-17-5-8-30(41)44/h2-4,6-7,9-16,24H,5,8,17-23H2,1H3,(H,37,38,39). The molecule has 4 heterocycles. The van der Waals surface area contributed by atoms with Crippen molar-refractivity contribution in [2.75, 3.05) is 51.6 Å². The molecule has 0 bridgehead atoms. The number of rotatable bonds is 9. The van der Waals surface area contributed by atoms with E-state index in [1.54, 1.807) is 6.33 Å². The lowest BCUT2D eigenvalue weighted by atomic mass is 10.1. The molecule has 2 aromatic heterocycles. The maximum Gasteiger partial charge on any atom is 0.253 e. The summed E-state index contributed by atoms with van der Waals surface area (Å²) in [6, 6.07) is 24.8. The number of hydrogen-bond donors (Lipinski definition) is 1. The van der Waals surface area contributed by atoms with Gasteiger partial charge in [-0.1, -0.05) is 30.3 Å². The molecule has 11 heteroatoms. The summed E-state index contributed by atoms with van der Waals surface area (Å²) in [6.45, 7) is 5.13. The van der Waals surface area contributed by atoms with Crippen LogP contribution in [0.1, 0.15) is 23.2 Å². The zero-order chi connectivity index (χ0) is 31.5. The summed E-state index contributed by atoms with van der Waals surface area (Å²) >= 11 is 0. The SMILES string of the molecule is CN1CCN(C(=O)c2ccc(-c3nc(Nc4ccc(Oc5ccccc5)cc4)c4ncn(CCN5CCCC5=O)c4n3)cc2)CC1. The fourth-order valence-corrected chi connectivity index (χ4v) is 5.81. The molecule has 2 fully saturated rings. The molecule has 2 aliphatic heterocycles. The molecular formula is C35H36N8O3. The maximum absolute atomic E-state index is 13.1. The fraction of sp³-hybridized carbons (Fsp3) is 0.286. The van der Waals surface area contributed by atoms with Gasteiger partial charge in [0.05, 0.1) is 6.33 Å². The number of hydrogen-bond acceptors (Lipinski definition) is 8. The van der Waals surface area contributed by atoms with Gasteiger partial charge in [-0.3, -0.25) is 9.59 Å². The van der Waals surface area contributed by atoms with Gasteiger partial charge >= 0.3 is 0 Å². The first-order valence-corrected chi connectivity index (χ1v) is 15.7. The minimum Gasteiger partial charge on any atom is -0.457 e. The number of likely N-dealkylation sites (tertiary alicyclic amines) is 1. The second-order valence-corrected chi connectivity index (χ2v) is 11.7. The van der Waals surface area contributed by atoms with Crippen molar-refractivity contribution in [1.82, 2.24) is 34.2 Å². The molecular weight excluding hydrogens is 580 g/mol. The molecule has 5 aromatic rings. The Morgan fingerprint density at radius 1 is 0.848 bits per heavy atom. The Kier molecular flexibility index (Phi) is 8.30. The molecule has 7 rings (SSSR count). The summed E-state index contributed by atoms with van der Waals surface area (Å²) < 4.78 is 7.93. The predicted octanol–water partition coefficient (Wildman–Crippen LogP) is 5.04. The third-order valence-corrected chi connectivity index (χ3v) is 8.52. The Morgan fingerprint density at radius 3 is 2.30 bits per heavy atom. The van der Waals surface area contributed by atoms with E-state index >= 15 is 0 Å². The molecule has 0 saturated carbocycles. The van der Waals surface area contributed by atoms with Crippen LogP contribution >= 0.6 is 0 Å². The molecule has 3 aromatic carbocycles. The Morgan fingerprint density at radius 2 is 1.59 bits per heavy atom. The maximum atomic E-state index is 13.1. The number of amides is 2. The number of likely N-dealkylation sites (N-methyl/N-ethyl adjacent to an activating group) is 1. The van der Waals surface area contributed by atoms with E-state index in [-0.39, 0.29) is 11.8 Å². The van der Waals surface area contributed by atoms with Crippen LogP contribution in [0.15, 0.2) is 85.2 Å².